The molecule has 2 N–H and O–H groups in total. The van der Waals surface area contributed by atoms with Crippen molar-refractivity contribution in [3.05, 3.63) is 12.3 Å². The summed E-state index contributed by atoms with van der Waals surface area (Å²) in [7, 11) is 0. The highest BCUT2D eigenvalue weighted by Gasteiger charge is 2.17. The summed E-state index contributed by atoms with van der Waals surface area (Å²) < 4.78 is 0. The number of carbonyl (C=O) groups excluding carboxylic acids is 1. The third-order valence-electron chi connectivity index (χ3n) is 4.33. The summed E-state index contributed by atoms with van der Waals surface area (Å²) in [4.78, 5) is 34.1. The topological polar surface area (TPSA) is 99.9 Å². The van der Waals surface area contributed by atoms with E-state index in [1.165, 1.54) is 0 Å². The summed E-state index contributed by atoms with van der Waals surface area (Å²) in [6, 6.07) is 0. The lowest BCUT2D eigenvalue weighted by atomic mass is 10.3. The van der Waals surface area contributed by atoms with E-state index in [0.717, 1.165) is 12.8 Å². The summed E-state index contributed by atoms with van der Waals surface area (Å²) in [5, 5.41) is 18.7. The molecule has 1 saturated heterocycles. The first-order valence-electron chi connectivity index (χ1n) is 8.78. The number of aliphatic carboxylic acids is 1. The van der Waals surface area contributed by atoms with Gasteiger partial charge in [-0.3, -0.25) is 29.4 Å². The molecule has 0 aromatic carbocycles. The molecular formula is C17H31N5O4. The van der Waals surface area contributed by atoms with Gasteiger partial charge in [0, 0.05) is 52.4 Å². The third kappa shape index (κ3) is 9.62. The Morgan fingerprint density at radius 1 is 0.885 bits per heavy atom. The molecule has 1 aliphatic rings. The average molecular weight is 369 g/mol. The number of aliphatic imine (C=N–C) groups is 1. The first kappa shape index (κ1) is 22.2. The van der Waals surface area contributed by atoms with Crippen LogP contribution in [0.3, 0.4) is 0 Å². The van der Waals surface area contributed by atoms with Crippen LogP contribution in [0.25, 0.3) is 0 Å². The average Bonchev–Trinajstić information content (AvgIpc) is 2.56. The number of aliphatic hydroxyl groups is 1. The molecular weight excluding hydrogens is 338 g/mol. The van der Waals surface area contributed by atoms with Crippen LogP contribution in [0.5, 0.6) is 0 Å². The van der Waals surface area contributed by atoms with Crippen molar-refractivity contribution in [1.82, 2.24) is 19.6 Å². The van der Waals surface area contributed by atoms with Gasteiger partial charge in [-0.1, -0.05) is 6.58 Å². The molecule has 26 heavy (non-hydrogen) atoms. The van der Waals surface area contributed by atoms with Gasteiger partial charge in [-0.25, -0.2) is 0 Å². The van der Waals surface area contributed by atoms with Crippen molar-refractivity contribution in [1.29, 1.82) is 0 Å². The second-order valence-electron chi connectivity index (χ2n) is 6.46. The van der Waals surface area contributed by atoms with Crippen molar-refractivity contribution in [3.8, 4) is 0 Å². The summed E-state index contributed by atoms with van der Waals surface area (Å²) >= 11 is 0. The van der Waals surface area contributed by atoms with Crippen LogP contribution < -0.4 is 0 Å². The van der Waals surface area contributed by atoms with Crippen molar-refractivity contribution in [2.45, 2.75) is 0 Å². The first-order chi connectivity index (χ1) is 12.4. The van der Waals surface area contributed by atoms with Crippen molar-refractivity contribution in [3.63, 3.8) is 0 Å². The Kier molecular flexibility index (Phi) is 10.7. The SMILES string of the molecule is C=NCN1CCN(CC=O)CCN(CC(=C)O)CCN(CC(=O)O)CC1. The quantitative estimate of drug-likeness (QED) is 0.327. The summed E-state index contributed by atoms with van der Waals surface area (Å²) in [5.41, 5.74) is 0. The van der Waals surface area contributed by atoms with Crippen LogP contribution in [0.15, 0.2) is 17.3 Å². The zero-order chi connectivity index (χ0) is 19.4. The number of hydrogen-bond acceptors (Lipinski definition) is 8. The van der Waals surface area contributed by atoms with Gasteiger partial charge < -0.3 is 15.0 Å². The molecule has 9 nitrogen and oxygen atoms in total. The highest BCUT2D eigenvalue weighted by molar-refractivity contribution is 5.69. The van der Waals surface area contributed by atoms with Crippen LogP contribution in [0.2, 0.25) is 0 Å². The Labute approximate surface area is 155 Å². The lowest BCUT2D eigenvalue weighted by Gasteiger charge is -2.32. The second-order valence-corrected chi connectivity index (χ2v) is 6.46. The molecule has 0 aliphatic carbocycles. The number of hydrogen-bond donors (Lipinski definition) is 2. The molecule has 0 aromatic rings. The van der Waals surface area contributed by atoms with E-state index < -0.39 is 5.97 Å². The maximum absolute atomic E-state index is 11.1. The first-order valence-corrected chi connectivity index (χ1v) is 8.78. The van der Waals surface area contributed by atoms with E-state index in [-0.39, 0.29) is 12.3 Å². The molecule has 1 rings (SSSR count). The molecule has 148 valence electrons. The molecule has 0 aromatic heterocycles. The zero-order valence-corrected chi connectivity index (χ0v) is 15.4. The van der Waals surface area contributed by atoms with Crippen LogP contribution >= 0.6 is 0 Å². The van der Waals surface area contributed by atoms with E-state index in [2.05, 4.69) is 28.1 Å². The van der Waals surface area contributed by atoms with Crippen molar-refractivity contribution >= 4 is 19.0 Å². The molecule has 0 unspecified atom stereocenters. The number of carboxylic acids is 1. The Balaban J connectivity index is 2.82. The van der Waals surface area contributed by atoms with Gasteiger partial charge in [-0.15, -0.1) is 0 Å². The van der Waals surface area contributed by atoms with Gasteiger partial charge in [0.1, 0.15) is 6.29 Å². The molecule has 0 radical (unpaired) electrons. The standard InChI is InChI=1S/C17H31N5O4/c1-16(24)13-20-5-3-19(11-12-23)4-9-22(15-18-2)10-8-21(7-6-20)14-17(25)26/h12,24H,1-11,13-15H2,(H,25,26). The fraction of sp³-hybridized carbons (Fsp3) is 0.706. The monoisotopic (exact) mass is 369 g/mol. The molecule has 0 spiro atoms. The molecule has 0 saturated carbocycles. The van der Waals surface area contributed by atoms with E-state index in [1.807, 2.05) is 9.80 Å². The van der Waals surface area contributed by atoms with E-state index in [9.17, 15) is 14.7 Å². The maximum atomic E-state index is 11.1. The lowest BCUT2D eigenvalue weighted by molar-refractivity contribution is -0.138. The van der Waals surface area contributed by atoms with E-state index in [1.54, 1.807) is 0 Å². The van der Waals surface area contributed by atoms with Gasteiger partial charge >= 0.3 is 5.97 Å². The summed E-state index contributed by atoms with van der Waals surface area (Å²) in [6.45, 7) is 13.5. The normalized spacial score (nSPS) is 20.0. The Morgan fingerprint density at radius 2 is 1.35 bits per heavy atom. The fourth-order valence-electron chi connectivity index (χ4n) is 2.92. The Morgan fingerprint density at radius 3 is 1.77 bits per heavy atom. The molecule has 1 fully saturated rings. The second kappa shape index (κ2) is 12.5. The van der Waals surface area contributed by atoms with Crippen molar-refractivity contribution in [2.75, 3.05) is 78.7 Å². The highest BCUT2D eigenvalue weighted by atomic mass is 16.4. The van der Waals surface area contributed by atoms with Gasteiger partial charge in [0.25, 0.3) is 0 Å². The Hall–Kier alpha value is -1.81. The zero-order valence-electron chi connectivity index (χ0n) is 15.4. The van der Waals surface area contributed by atoms with Crippen LogP contribution in [-0.2, 0) is 9.59 Å². The molecule has 9 heteroatoms. The van der Waals surface area contributed by atoms with Crippen LogP contribution in [-0.4, -0.2) is 127 Å². The molecule has 0 amide bonds. The van der Waals surface area contributed by atoms with E-state index >= 15 is 0 Å². The van der Waals surface area contributed by atoms with Crippen LogP contribution in [0, 0.1) is 0 Å². The largest absolute Gasteiger partial charge is 0.512 e. The number of nitrogens with zero attached hydrogens (tertiary/aromatic N) is 5. The van der Waals surface area contributed by atoms with Crippen molar-refractivity contribution < 1.29 is 19.8 Å². The number of aldehydes is 1. The molecule has 1 heterocycles. The number of rotatable bonds is 8. The lowest BCUT2D eigenvalue weighted by Crippen LogP contribution is -2.47. The minimum absolute atomic E-state index is 0.0272. The van der Waals surface area contributed by atoms with Gasteiger partial charge in [0.15, 0.2) is 0 Å². The maximum Gasteiger partial charge on any atom is 0.317 e. The van der Waals surface area contributed by atoms with E-state index in [4.69, 9.17) is 5.11 Å². The number of carboxylic acid groups (broad SMARTS) is 1. The van der Waals surface area contributed by atoms with Crippen molar-refractivity contribution in [2.24, 2.45) is 4.99 Å². The smallest absolute Gasteiger partial charge is 0.317 e. The third-order valence-corrected chi connectivity index (χ3v) is 4.33. The van der Waals surface area contributed by atoms with E-state index in [0.29, 0.717) is 65.6 Å². The Bertz CT molecular complexity index is 432. The van der Waals surface area contributed by atoms with Crippen LogP contribution in [0.1, 0.15) is 0 Å². The minimum Gasteiger partial charge on any atom is -0.512 e. The van der Waals surface area contributed by atoms with Gasteiger partial charge in [0.05, 0.1) is 32.1 Å². The van der Waals surface area contributed by atoms with Crippen LogP contribution in [0.4, 0.5) is 0 Å². The van der Waals surface area contributed by atoms with Gasteiger partial charge in [-0.05, 0) is 6.72 Å². The van der Waals surface area contributed by atoms with Gasteiger partial charge in [-0.2, -0.15) is 0 Å². The fourth-order valence-corrected chi connectivity index (χ4v) is 2.92. The molecule has 0 atom stereocenters. The minimum atomic E-state index is -0.860. The van der Waals surface area contributed by atoms with Gasteiger partial charge in [0.2, 0.25) is 0 Å². The predicted octanol–water partition coefficient (Wildman–Crippen LogP) is -0.779. The predicted molar refractivity (Wildman–Crippen MR) is 101 cm³/mol. The summed E-state index contributed by atoms with van der Waals surface area (Å²) in [5.74, 6) is -0.784. The number of carbonyl (C=O) groups is 2. The molecule has 1 aliphatic heterocycles. The highest BCUT2D eigenvalue weighted by Crippen LogP contribution is 2.02. The molecule has 0 bridgehead atoms. The summed E-state index contributed by atoms with van der Waals surface area (Å²) in [6.07, 6.45) is 0.895. The number of aliphatic hydroxyl groups excluding tert-OH is 1.